The number of benzene rings is 1. The van der Waals surface area contributed by atoms with Crippen LogP contribution in [0.5, 0.6) is 0 Å². The summed E-state index contributed by atoms with van der Waals surface area (Å²) in [6.45, 7) is 2.28. The van der Waals surface area contributed by atoms with Crippen LogP contribution in [0, 0.1) is 0 Å². The molecule has 1 aromatic carbocycles. The first-order valence-electron chi connectivity index (χ1n) is 6.34. The van der Waals surface area contributed by atoms with E-state index in [0.29, 0.717) is 13.2 Å². The second-order valence-corrected chi connectivity index (χ2v) is 5.59. The number of rotatable bonds is 0. The topological polar surface area (TPSA) is 38.7 Å². The van der Waals surface area contributed by atoms with E-state index in [4.69, 9.17) is 9.47 Å². The molecular weight excluding hydrogens is 248 g/mol. The average molecular weight is 268 g/mol. The summed E-state index contributed by atoms with van der Waals surface area (Å²) in [6.07, 6.45) is 0.797. The minimum atomic E-state index is -0.446. The van der Waals surface area contributed by atoms with E-state index in [2.05, 4.69) is 24.3 Å². The second kappa shape index (κ2) is 7.79. The van der Waals surface area contributed by atoms with Crippen molar-refractivity contribution in [2.75, 3.05) is 37.9 Å². The number of hydrogen-bond donors (Lipinski definition) is 1. The molecule has 0 spiro atoms. The number of fused-ring (bicyclic) bond motifs is 1. The van der Waals surface area contributed by atoms with Crippen molar-refractivity contribution >= 4 is 11.8 Å². The Morgan fingerprint density at radius 3 is 2.06 bits per heavy atom. The van der Waals surface area contributed by atoms with E-state index < -0.39 is 6.10 Å². The molecule has 100 valence electrons. The van der Waals surface area contributed by atoms with Gasteiger partial charge in [-0.05, 0) is 17.5 Å². The zero-order valence-electron chi connectivity index (χ0n) is 10.5. The molecule has 1 N–H and O–H groups in total. The molecule has 3 rings (SSSR count). The first kappa shape index (κ1) is 13.9. The van der Waals surface area contributed by atoms with Gasteiger partial charge in [0.05, 0.1) is 26.4 Å². The molecule has 0 unspecified atom stereocenters. The number of thioether (sulfide) groups is 1. The maximum Gasteiger partial charge on any atom is 0.101 e. The third-order valence-electron chi connectivity index (χ3n) is 2.74. The predicted octanol–water partition coefficient (Wildman–Crippen LogP) is 1.72. The van der Waals surface area contributed by atoms with E-state index in [1.807, 2.05) is 11.8 Å². The van der Waals surface area contributed by atoms with Crippen molar-refractivity contribution in [3.05, 3.63) is 35.4 Å². The van der Waals surface area contributed by atoms with Crippen molar-refractivity contribution in [3.8, 4) is 0 Å². The zero-order chi connectivity index (χ0) is 12.6. The molecule has 1 aliphatic carbocycles. The molecule has 1 aliphatic heterocycles. The smallest absolute Gasteiger partial charge is 0.101 e. The van der Waals surface area contributed by atoms with Crippen LogP contribution in [0.25, 0.3) is 0 Å². The molecule has 18 heavy (non-hydrogen) atoms. The summed E-state index contributed by atoms with van der Waals surface area (Å²) in [5.41, 5.74) is 3.06. The number of hydrogen-bond acceptors (Lipinski definition) is 4. The van der Waals surface area contributed by atoms with Crippen molar-refractivity contribution in [1.29, 1.82) is 0 Å². The Morgan fingerprint density at radius 1 is 1.00 bits per heavy atom. The molecular formula is C14H20O3S. The first-order chi connectivity index (χ1) is 8.86. The standard InChI is InChI=1S/C7H14O3S.C7H6/c8-7-5-9-1-3-11-4-2-10-6-7;1-2-4-7-5-6(7)3-1/h7-8H,1-6H2;1-4H,5H2. The molecule has 0 bridgehead atoms. The maximum atomic E-state index is 9.17. The second-order valence-electron chi connectivity index (χ2n) is 4.36. The van der Waals surface area contributed by atoms with Crippen LogP contribution in [0.2, 0.25) is 0 Å². The van der Waals surface area contributed by atoms with Gasteiger partial charge in [0.25, 0.3) is 0 Å². The first-order valence-corrected chi connectivity index (χ1v) is 7.50. The molecule has 1 heterocycles. The molecule has 1 aromatic rings. The van der Waals surface area contributed by atoms with Gasteiger partial charge in [0.2, 0.25) is 0 Å². The van der Waals surface area contributed by atoms with Crippen LogP contribution in [-0.4, -0.2) is 49.1 Å². The minimum Gasteiger partial charge on any atom is -0.388 e. The van der Waals surface area contributed by atoms with Gasteiger partial charge in [-0.1, -0.05) is 24.3 Å². The van der Waals surface area contributed by atoms with Crippen molar-refractivity contribution in [2.24, 2.45) is 0 Å². The summed E-state index contributed by atoms with van der Waals surface area (Å²) in [6, 6.07) is 8.53. The highest BCUT2D eigenvalue weighted by atomic mass is 32.2. The quantitative estimate of drug-likeness (QED) is 0.789. The van der Waals surface area contributed by atoms with Gasteiger partial charge in [-0.3, -0.25) is 0 Å². The van der Waals surface area contributed by atoms with Gasteiger partial charge in [0, 0.05) is 11.5 Å². The Balaban J connectivity index is 0.000000146. The monoisotopic (exact) mass is 268 g/mol. The SMILES string of the molecule is OC1COCCSCCOC1.c1ccc2c(c1)C2. The zero-order valence-corrected chi connectivity index (χ0v) is 11.3. The third-order valence-corrected chi connectivity index (χ3v) is 3.65. The Morgan fingerprint density at radius 2 is 1.56 bits per heavy atom. The van der Waals surface area contributed by atoms with Gasteiger partial charge in [0.1, 0.15) is 6.10 Å². The van der Waals surface area contributed by atoms with Crippen molar-refractivity contribution in [2.45, 2.75) is 12.5 Å². The Kier molecular flexibility index (Phi) is 6.00. The molecule has 0 saturated carbocycles. The molecule has 1 saturated heterocycles. The highest BCUT2D eigenvalue weighted by molar-refractivity contribution is 7.99. The summed E-state index contributed by atoms with van der Waals surface area (Å²) in [4.78, 5) is 0. The van der Waals surface area contributed by atoms with Crippen LogP contribution in [0.4, 0.5) is 0 Å². The average Bonchev–Trinajstić information content (AvgIpc) is 3.17. The van der Waals surface area contributed by atoms with Crippen molar-refractivity contribution in [1.82, 2.24) is 0 Å². The fraction of sp³-hybridized carbons (Fsp3) is 0.571. The molecule has 0 aromatic heterocycles. The van der Waals surface area contributed by atoms with Crippen LogP contribution >= 0.6 is 11.8 Å². The molecule has 1 fully saturated rings. The van der Waals surface area contributed by atoms with Gasteiger partial charge in [0.15, 0.2) is 0 Å². The maximum absolute atomic E-state index is 9.17. The van der Waals surface area contributed by atoms with Gasteiger partial charge in [-0.15, -0.1) is 0 Å². The number of aliphatic hydroxyl groups excluding tert-OH is 1. The van der Waals surface area contributed by atoms with Gasteiger partial charge in [-0.25, -0.2) is 0 Å². The van der Waals surface area contributed by atoms with E-state index in [0.717, 1.165) is 24.7 Å². The summed E-state index contributed by atoms with van der Waals surface area (Å²) < 4.78 is 10.3. The Hall–Kier alpha value is -0.550. The largest absolute Gasteiger partial charge is 0.388 e. The third kappa shape index (κ3) is 5.40. The Labute approximate surface area is 112 Å². The van der Waals surface area contributed by atoms with Crippen LogP contribution in [0.1, 0.15) is 11.1 Å². The highest BCUT2D eigenvalue weighted by Gasteiger charge is 2.12. The van der Waals surface area contributed by atoms with E-state index in [9.17, 15) is 5.11 Å². The lowest BCUT2D eigenvalue weighted by Crippen LogP contribution is -2.24. The normalized spacial score (nSPS) is 20.3. The molecule has 4 heteroatoms. The van der Waals surface area contributed by atoms with Crippen molar-refractivity contribution in [3.63, 3.8) is 0 Å². The van der Waals surface area contributed by atoms with E-state index >= 15 is 0 Å². The van der Waals surface area contributed by atoms with Crippen molar-refractivity contribution < 1.29 is 14.6 Å². The predicted molar refractivity (Wildman–Crippen MR) is 74.2 cm³/mol. The van der Waals surface area contributed by atoms with E-state index in [1.54, 1.807) is 0 Å². The molecule has 0 amide bonds. The molecule has 2 aliphatic rings. The summed E-state index contributed by atoms with van der Waals surface area (Å²) in [7, 11) is 0. The van der Waals surface area contributed by atoms with Crippen LogP contribution in [-0.2, 0) is 15.9 Å². The lowest BCUT2D eigenvalue weighted by atomic mass is 10.4. The number of aliphatic hydroxyl groups is 1. The molecule has 0 atom stereocenters. The van der Waals surface area contributed by atoms with Gasteiger partial charge < -0.3 is 14.6 Å². The summed E-state index contributed by atoms with van der Waals surface area (Å²) in [5.74, 6) is 1.99. The Bertz CT molecular complexity index is 326. The summed E-state index contributed by atoms with van der Waals surface area (Å²) in [5, 5.41) is 9.17. The van der Waals surface area contributed by atoms with Crippen LogP contribution in [0.15, 0.2) is 24.3 Å². The molecule has 3 nitrogen and oxygen atoms in total. The fourth-order valence-electron chi connectivity index (χ4n) is 1.66. The lowest BCUT2D eigenvalue weighted by molar-refractivity contribution is -0.0133. The van der Waals surface area contributed by atoms with Gasteiger partial charge >= 0.3 is 0 Å². The van der Waals surface area contributed by atoms with Crippen LogP contribution in [0.3, 0.4) is 0 Å². The highest BCUT2D eigenvalue weighted by Crippen LogP contribution is 2.25. The fourth-order valence-corrected chi connectivity index (χ4v) is 2.34. The summed E-state index contributed by atoms with van der Waals surface area (Å²) >= 11 is 1.82. The van der Waals surface area contributed by atoms with E-state index in [1.165, 1.54) is 17.5 Å². The van der Waals surface area contributed by atoms with E-state index in [-0.39, 0.29) is 0 Å². The van der Waals surface area contributed by atoms with Crippen LogP contribution < -0.4 is 0 Å². The minimum absolute atomic E-state index is 0.403. The number of ether oxygens (including phenoxy) is 2. The molecule has 0 radical (unpaired) electrons. The van der Waals surface area contributed by atoms with Gasteiger partial charge in [-0.2, -0.15) is 11.8 Å². The lowest BCUT2D eigenvalue weighted by Gasteiger charge is -2.13.